The van der Waals surface area contributed by atoms with Crippen LogP contribution in [0.3, 0.4) is 0 Å². The van der Waals surface area contributed by atoms with Gasteiger partial charge in [-0.25, -0.2) is 4.57 Å². The summed E-state index contributed by atoms with van der Waals surface area (Å²) in [6, 6.07) is -0.847. The van der Waals surface area contributed by atoms with Gasteiger partial charge in [-0.1, -0.05) is 274 Å². The normalized spacial score (nSPS) is 14.3. The van der Waals surface area contributed by atoms with Gasteiger partial charge in [-0.2, -0.15) is 0 Å². The summed E-state index contributed by atoms with van der Waals surface area (Å²) in [4.78, 5) is 23.3. The number of carbonyl (C=O) groups excluding carboxylic acids is 1. The zero-order valence-electron chi connectivity index (χ0n) is 47.5. The number of quaternary nitrogens is 1. The molecule has 0 aliphatic heterocycles. The first-order valence-electron chi connectivity index (χ1n) is 30.2. The van der Waals surface area contributed by atoms with E-state index in [0.717, 1.165) is 64.2 Å². The first kappa shape index (κ1) is 69.2. The Morgan fingerprint density at radius 2 is 0.845 bits per heavy atom. The van der Waals surface area contributed by atoms with E-state index in [9.17, 15) is 19.4 Å². The Morgan fingerprint density at radius 3 is 1.24 bits per heavy atom. The van der Waals surface area contributed by atoms with Crippen LogP contribution >= 0.6 is 7.82 Å². The quantitative estimate of drug-likeness (QED) is 0.0243. The molecule has 0 saturated carbocycles. The van der Waals surface area contributed by atoms with E-state index in [1.807, 2.05) is 27.2 Å². The van der Waals surface area contributed by atoms with Gasteiger partial charge in [0.15, 0.2) is 0 Å². The number of phosphoric ester groups is 1. The van der Waals surface area contributed by atoms with Crippen LogP contribution in [0.1, 0.15) is 277 Å². The second-order valence-electron chi connectivity index (χ2n) is 21.7. The maximum absolute atomic E-state index is 13.0. The van der Waals surface area contributed by atoms with E-state index in [-0.39, 0.29) is 19.1 Å². The summed E-state index contributed by atoms with van der Waals surface area (Å²) < 4.78 is 23.7. The molecular weight excluding hydrogens is 900 g/mol. The molecule has 0 aromatic carbocycles. The third-order valence-corrected chi connectivity index (χ3v) is 14.5. The van der Waals surface area contributed by atoms with Crippen LogP contribution < -0.4 is 5.32 Å². The monoisotopic (exact) mass is 1020 g/mol. The lowest BCUT2D eigenvalue weighted by Crippen LogP contribution is -2.45. The summed E-state index contributed by atoms with van der Waals surface area (Å²) in [5.74, 6) is -0.174. The molecule has 0 aliphatic rings. The minimum atomic E-state index is -4.35. The molecule has 1 amide bonds. The highest BCUT2D eigenvalue weighted by Crippen LogP contribution is 2.43. The molecule has 0 bridgehead atoms. The molecule has 0 radical (unpaired) electrons. The molecule has 9 heteroatoms. The molecule has 8 nitrogen and oxygen atoms in total. The van der Waals surface area contributed by atoms with Crippen molar-refractivity contribution in [2.75, 3.05) is 40.9 Å². The van der Waals surface area contributed by atoms with Crippen molar-refractivity contribution in [2.45, 2.75) is 289 Å². The van der Waals surface area contributed by atoms with Crippen LogP contribution in [-0.4, -0.2) is 73.4 Å². The summed E-state index contributed by atoms with van der Waals surface area (Å²) >= 11 is 0. The molecule has 0 rings (SSSR count). The van der Waals surface area contributed by atoms with Gasteiger partial charge in [-0.3, -0.25) is 13.8 Å². The summed E-state index contributed by atoms with van der Waals surface area (Å²) in [7, 11) is 1.58. The summed E-state index contributed by atoms with van der Waals surface area (Å²) in [5.41, 5.74) is 0. The summed E-state index contributed by atoms with van der Waals surface area (Å²) in [6.07, 6.45) is 71.8. The number of aliphatic hydroxyl groups excluding tert-OH is 1. The van der Waals surface area contributed by atoms with E-state index < -0.39 is 20.0 Å². The molecule has 0 fully saturated rings. The third kappa shape index (κ3) is 55.8. The maximum Gasteiger partial charge on any atom is 0.472 e. The fourth-order valence-corrected chi connectivity index (χ4v) is 9.54. The van der Waals surface area contributed by atoms with Crippen molar-refractivity contribution in [1.82, 2.24) is 5.32 Å². The number of nitrogens with one attached hydrogen (secondary N) is 1. The highest BCUT2D eigenvalue weighted by molar-refractivity contribution is 7.47. The number of aliphatic hydroxyl groups is 1. The second kappa shape index (κ2) is 53.0. The Hall–Kier alpha value is -1.80. The third-order valence-electron chi connectivity index (χ3n) is 13.5. The number of amides is 1. The number of phosphoric acid groups is 1. The van der Waals surface area contributed by atoms with Crippen LogP contribution in [0, 0.1) is 0 Å². The first-order chi connectivity index (χ1) is 34.5. The number of likely N-dealkylation sites (N-methyl/N-ethyl adjacent to an activating group) is 1. The number of rotatable bonds is 55. The predicted molar refractivity (Wildman–Crippen MR) is 309 cm³/mol. The average Bonchev–Trinajstić information content (AvgIpc) is 3.33. The maximum atomic E-state index is 13.0. The van der Waals surface area contributed by atoms with Crippen molar-refractivity contribution in [1.29, 1.82) is 0 Å². The minimum Gasteiger partial charge on any atom is -0.387 e. The van der Waals surface area contributed by atoms with Crippen LogP contribution in [-0.2, 0) is 18.4 Å². The van der Waals surface area contributed by atoms with Crippen molar-refractivity contribution >= 4 is 13.7 Å². The van der Waals surface area contributed by atoms with Crippen molar-refractivity contribution in [3.05, 3.63) is 60.8 Å². The molecule has 71 heavy (non-hydrogen) atoms. The van der Waals surface area contributed by atoms with Gasteiger partial charge < -0.3 is 19.8 Å². The molecule has 0 spiro atoms. The fraction of sp³-hybridized carbons (Fsp3) is 0.823. The van der Waals surface area contributed by atoms with Gasteiger partial charge in [0.05, 0.1) is 39.9 Å². The van der Waals surface area contributed by atoms with Gasteiger partial charge in [0, 0.05) is 6.42 Å². The number of hydrogen-bond donors (Lipinski definition) is 3. The molecule has 0 heterocycles. The number of nitrogens with zero attached hydrogens (tertiary/aromatic N) is 1. The van der Waals surface area contributed by atoms with Crippen LogP contribution in [0.15, 0.2) is 60.8 Å². The Morgan fingerprint density at radius 1 is 0.493 bits per heavy atom. The summed E-state index contributed by atoms with van der Waals surface area (Å²) in [5, 5.41) is 14.0. The van der Waals surface area contributed by atoms with Crippen LogP contribution in [0.25, 0.3) is 0 Å². The van der Waals surface area contributed by atoms with E-state index in [4.69, 9.17) is 9.05 Å². The van der Waals surface area contributed by atoms with Crippen LogP contribution in [0.5, 0.6) is 0 Å². The molecule has 0 aromatic heterocycles. The predicted octanol–water partition coefficient (Wildman–Crippen LogP) is 18.5. The van der Waals surface area contributed by atoms with Gasteiger partial charge in [0.2, 0.25) is 5.91 Å². The van der Waals surface area contributed by atoms with E-state index in [1.54, 1.807) is 6.08 Å². The lowest BCUT2D eigenvalue weighted by Gasteiger charge is -2.25. The lowest BCUT2D eigenvalue weighted by molar-refractivity contribution is -0.870. The first-order valence-corrected chi connectivity index (χ1v) is 31.7. The summed E-state index contributed by atoms with van der Waals surface area (Å²) in [6.45, 7) is 4.73. The van der Waals surface area contributed by atoms with Gasteiger partial charge >= 0.3 is 7.82 Å². The minimum absolute atomic E-state index is 0.0617. The SMILES string of the molecule is CC/C=C\C/C=C\C/C=C\C/C=C\CCCCCCCCCCCCCCCCCCCCC(=O)NC(COP(=O)(O)OCC[N+](C)(C)C)C(O)/C=C/CCCCCCCCCCCCCCCCCC. The Labute approximate surface area is 441 Å². The van der Waals surface area contributed by atoms with Gasteiger partial charge in [0.1, 0.15) is 13.2 Å². The topological polar surface area (TPSA) is 105 Å². The van der Waals surface area contributed by atoms with Crippen molar-refractivity contribution < 1.29 is 32.9 Å². The van der Waals surface area contributed by atoms with Crippen molar-refractivity contribution in [2.24, 2.45) is 0 Å². The van der Waals surface area contributed by atoms with Crippen molar-refractivity contribution in [3.8, 4) is 0 Å². The Balaban J connectivity index is 4.10. The molecule has 0 aliphatic carbocycles. The van der Waals surface area contributed by atoms with Gasteiger partial charge in [-0.05, 0) is 57.8 Å². The highest BCUT2D eigenvalue weighted by Gasteiger charge is 2.27. The van der Waals surface area contributed by atoms with Crippen molar-refractivity contribution in [3.63, 3.8) is 0 Å². The van der Waals surface area contributed by atoms with Crippen LogP contribution in [0.4, 0.5) is 0 Å². The van der Waals surface area contributed by atoms with E-state index in [0.29, 0.717) is 17.4 Å². The number of unbranched alkanes of at least 4 members (excludes halogenated alkanes) is 34. The molecule has 3 atom stereocenters. The number of hydrogen-bond acceptors (Lipinski definition) is 5. The fourth-order valence-electron chi connectivity index (χ4n) is 8.80. The largest absolute Gasteiger partial charge is 0.472 e. The molecule has 0 saturated heterocycles. The number of carbonyl (C=O) groups is 1. The standard InChI is InChI=1S/C62H117N2O6P/c1-6-8-10-12-14-16-18-20-22-24-26-27-28-29-30-31-32-33-34-35-36-37-38-40-42-44-46-48-50-52-54-56-62(66)63-60(59-70-71(67,68)69-58-57-64(3,4)5)61(65)55-53-51-49-47-45-43-41-39-25-23-21-19-17-15-13-11-9-7-2/h8,10,14,16,20,22,26-27,53,55,60-61,65H,6-7,9,11-13,15,17-19,21,23-25,28-52,54,56-59H2,1-5H3,(H-,63,66,67,68)/p+1/b10-8-,16-14-,22-20-,27-26-,55-53+. The highest BCUT2D eigenvalue weighted by atomic mass is 31.2. The molecule has 0 aromatic rings. The van der Waals surface area contributed by atoms with Gasteiger partial charge in [-0.15, -0.1) is 0 Å². The molecule has 3 N–H and O–H groups in total. The zero-order valence-corrected chi connectivity index (χ0v) is 48.4. The smallest absolute Gasteiger partial charge is 0.387 e. The number of allylic oxidation sites excluding steroid dienone is 9. The second-order valence-corrected chi connectivity index (χ2v) is 23.2. The molecule has 3 unspecified atom stereocenters. The lowest BCUT2D eigenvalue weighted by atomic mass is 10.0. The van der Waals surface area contributed by atoms with E-state index in [2.05, 4.69) is 67.8 Å². The molecular formula is C62H118N2O6P+. The van der Waals surface area contributed by atoms with E-state index in [1.165, 1.54) is 193 Å². The average molecular weight is 1020 g/mol. The van der Waals surface area contributed by atoms with Gasteiger partial charge in [0.25, 0.3) is 0 Å². The van der Waals surface area contributed by atoms with Crippen LogP contribution in [0.2, 0.25) is 0 Å². The molecule has 416 valence electrons. The zero-order chi connectivity index (χ0) is 52.0. The van der Waals surface area contributed by atoms with E-state index >= 15 is 0 Å². The Kier molecular flexibility index (Phi) is 51.7. The Bertz CT molecular complexity index is 1340.